The van der Waals surface area contributed by atoms with Gasteiger partial charge in [-0.3, -0.25) is 4.79 Å². The molecule has 0 aliphatic carbocycles. The number of ether oxygens (including phenoxy) is 1. The maximum Gasteiger partial charge on any atom is 0.254 e. The van der Waals surface area contributed by atoms with E-state index >= 15 is 0 Å². The lowest BCUT2D eigenvalue weighted by molar-refractivity contribution is -0.179. The number of carbonyl (C=O) groups is 1. The maximum absolute atomic E-state index is 12.9. The zero-order valence-corrected chi connectivity index (χ0v) is 11.2. The van der Waals surface area contributed by atoms with Crippen LogP contribution in [0.1, 0.15) is 19.4 Å². The van der Waals surface area contributed by atoms with Crippen molar-refractivity contribution in [3.05, 3.63) is 35.6 Å². The molecular weight excluding hydrogens is 247 g/mol. The molecule has 0 aromatic heterocycles. The summed E-state index contributed by atoms with van der Waals surface area (Å²) in [6, 6.07) is 6.16. The van der Waals surface area contributed by atoms with Crippen molar-refractivity contribution in [2.45, 2.75) is 32.1 Å². The molecule has 1 atom stereocenters. The van der Waals surface area contributed by atoms with E-state index in [1.165, 1.54) is 12.1 Å². The van der Waals surface area contributed by atoms with Gasteiger partial charge in [-0.1, -0.05) is 12.1 Å². The van der Waals surface area contributed by atoms with Crippen LogP contribution in [-0.2, 0) is 16.1 Å². The van der Waals surface area contributed by atoms with E-state index < -0.39 is 5.60 Å². The van der Waals surface area contributed by atoms with E-state index in [-0.39, 0.29) is 17.8 Å². The molecule has 0 radical (unpaired) electrons. The minimum Gasteiger partial charge on any atom is -0.359 e. The van der Waals surface area contributed by atoms with Crippen LogP contribution in [0.15, 0.2) is 24.3 Å². The molecular formula is C14H19FN2O2. The summed E-state index contributed by atoms with van der Waals surface area (Å²) >= 11 is 0. The Morgan fingerprint density at radius 1 is 1.42 bits per heavy atom. The Morgan fingerprint density at radius 3 is 2.63 bits per heavy atom. The fourth-order valence-electron chi connectivity index (χ4n) is 2.28. The van der Waals surface area contributed by atoms with Gasteiger partial charge in [-0.05, 0) is 31.5 Å². The molecule has 1 fully saturated rings. The van der Waals surface area contributed by atoms with Crippen molar-refractivity contribution in [2.24, 2.45) is 5.73 Å². The minimum absolute atomic E-state index is 0.0680. The van der Waals surface area contributed by atoms with Crippen LogP contribution >= 0.6 is 0 Å². The summed E-state index contributed by atoms with van der Waals surface area (Å²) in [6.45, 7) is 4.78. The molecule has 1 aromatic carbocycles. The highest BCUT2D eigenvalue weighted by molar-refractivity contribution is 5.85. The molecule has 0 bridgehead atoms. The second-order valence-corrected chi connectivity index (χ2v) is 5.30. The number of hydrogen-bond acceptors (Lipinski definition) is 3. The Kier molecular flexibility index (Phi) is 3.87. The number of hydrogen-bond donors (Lipinski definition) is 1. The molecule has 1 aliphatic heterocycles. The minimum atomic E-state index is -0.859. The van der Waals surface area contributed by atoms with Gasteiger partial charge in [-0.15, -0.1) is 0 Å². The zero-order chi connectivity index (χ0) is 14.0. The number of nitrogens with zero attached hydrogens (tertiary/aromatic N) is 1. The number of benzene rings is 1. The first kappa shape index (κ1) is 14.0. The third-order valence-electron chi connectivity index (χ3n) is 3.24. The third-order valence-corrected chi connectivity index (χ3v) is 3.24. The summed E-state index contributed by atoms with van der Waals surface area (Å²) in [5.41, 5.74) is 5.67. The number of halogens is 1. The van der Waals surface area contributed by atoms with Gasteiger partial charge < -0.3 is 15.4 Å². The smallest absolute Gasteiger partial charge is 0.254 e. The highest BCUT2D eigenvalue weighted by atomic mass is 19.1. The van der Waals surface area contributed by atoms with Crippen LogP contribution in [0.5, 0.6) is 0 Å². The van der Waals surface area contributed by atoms with Gasteiger partial charge in [0.15, 0.2) is 0 Å². The summed E-state index contributed by atoms with van der Waals surface area (Å²) in [5.74, 6) is -0.348. The van der Waals surface area contributed by atoms with Gasteiger partial charge in [-0.25, -0.2) is 4.39 Å². The predicted molar refractivity (Wildman–Crippen MR) is 69.8 cm³/mol. The standard InChI is InChI=1S/C14H19FN2O2/c1-14(2)13(18)17(9-12(7-16)19-14)8-10-3-5-11(15)6-4-10/h3-6,12H,7-9,16H2,1-2H3. The maximum atomic E-state index is 12.9. The van der Waals surface area contributed by atoms with Gasteiger partial charge >= 0.3 is 0 Å². The second kappa shape index (κ2) is 5.27. The normalized spacial score (nSPS) is 22.6. The zero-order valence-electron chi connectivity index (χ0n) is 11.2. The van der Waals surface area contributed by atoms with Crippen molar-refractivity contribution < 1.29 is 13.9 Å². The first-order valence-corrected chi connectivity index (χ1v) is 6.34. The number of morpholine rings is 1. The van der Waals surface area contributed by atoms with Crippen LogP contribution in [0.25, 0.3) is 0 Å². The molecule has 0 saturated carbocycles. The molecule has 19 heavy (non-hydrogen) atoms. The average molecular weight is 266 g/mol. The lowest BCUT2D eigenvalue weighted by Crippen LogP contribution is -2.58. The first-order valence-electron chi connectivity index (χ1n) is 6.34. The van der Waals surface area contributed by atoms with Crippen LogP contribution in [0.4, 0.5) is 4.39 Å². The topological polar surface area (TPSA) is 55.6 Å². The van der Waals surface area contributed by atoms with E-state index in [1.807, 2.05) is 0 Å². The van der Waals surface area contributed by atoms with Gasteiger partial charge in [0.2, 0.25) is 0 Å². The molecule has 1 saturated heterocycles. The molecule has 5 heteroatoms. The van der Waals surface area contributed by atoms with Crippen molar-refractivity contribution in [2.75, 3.05) is 13.1 Å². The largest absolute Gasteiger partial charge is 0.359 e. The second-order valence-electron chi connectivity index (χ2n) is 5.30. The van der Waals surface area contributed by atoms with Crippen molar-refractivity contribution in [1.29, 1.82) is 0 Å². The van der Waals surface area contributed by atoms with Gasteiger partial charge in [0.25, 0.3) is 5.91 Å². The lowest BCUT2D eigenvalue weighted by atomic mass is 10.0. The summed E-state index contributed by atoms with van der Waals surface area (Å²) in [7, 11) is 0. The van der Waals surface area contributed by atoms with E-state index in [4.69, 9.17) is 10.5 Å². The number of nitrogens with two attached hydrogens (primary N) is 1. The van der Waals surface area contributed by atoms with E-state index in [1.54, 1.807) is 30.9 Å². The van der Waals surface area contributed by atoms with E-state index in [9.17, 15) is 9.18 Å². The highest BCUT2D eigenvalue weighted by Gasteiger charge is 2.40. The van der Waals surface area contributed by atoms with Crippen molar-refractivity contribution in [3.63, 3.8) is 0 Å². The SMILES string of the molecule is CC1(C)OC(CN)CN(Cc2ccc(F)cc2)C1=O. The van der Waals surface area contributed by atoms with Gasteiger partial charge in [0, 0.05) is 19.6 Å². The van der Waals surface area contributed by atoms with Crippen molar-refractivity contribution in [3.8, 4) is 0 Å². The molecule has 1 aromatic rings. The number of carbonyl (C=O) groups excluding carboxylic acids is 1. The molecule has 1 aliphatic rings. The van der Waals surface area contributed by atoms with E-state index in [0.29, 0.717) is 19.6 Å². The Hall–Kier alpha value is -1.46. The van der Waals surface area contributed by atoms with Crippen molar-refractivity contribution >= 4 is 5.91 Å². The Labute approximate surface area is 112 Å². The summed E-state index contributed by atoms with van der Waals surface area (Å²) in [6.07, 6.45) is -0.159. The monoisotopic (exact) mass is 266 g/mol. The fourth-order valence-corrected chi connectivity index (χ4v) is 2.28. The van der Waals surface area contributed by atoms with E-state index in [0.717, 1.165) is 5.56 Å². The predicted octanol–water partition coefficient (Wildman–Crippen LogP) is 1.29. The third kappa shape index (κ3) is 3.11. The Morgan fingerprint density at radius 2 is 2.05 bits per heavy atom. The fraction of sp³-hybridized carbons (Fsp3) is 0.500. The van der Waals surface area contributed by atoms with Crippen molar-refractivity contribution in [1.82, 2.24) is 4.90 Å². The lowest BCUT2D eigenvalue weighted by Gasteiger charge is -2.41. The summed E-state index contributed by atoms with van der Waals surface area (Å²) in [4.78, 5) is 14.0. The van der Waals surface area contributed by atoms with Crippen LogP contribution < -0.4 is 5.73 Å². The quantitative estimate of drug-likeness (QED) is 0.897. The highest BCUT2D eigenvalue weighted by Crippen LogP contribution is 2.23. The van der Waals surface area contributed by atoms with Gasteiger partial charge in [-0.2, -0.15) is 0 Å². The molecule has 1 amide bonds. The molecule has 0 spiro atoms. The molecule has 2 rings (SSSR count). The van der Waals surface area contributed by atoms with Gasteiger partial charge in [0.1, 0.15) is 11.4 Å². The Balaban J connectivity index is 2.13. The van der Waals surface area contributed by atoms with E-state index in [2.05, 4.69) is 0 Å². The molecule has 2 N–H and O–H groups in total. The van der Waals surface area contributed by atoms with Crippen LogP contribution in [-0.4, -0.2) is 35.6 Å². The summed E-state index contributed by atoms with van der Waals surface area (Å²) < 4.78 is 18.5. The molecule has 104 valence electrons. The van der Waals surface area contributed by atoms with Gasteiger partial charge in [0.05, 0.1) is 6.10 Å². The number of amides is 1. The average Bonchev–Trinajstić information content (AvgIpc) is 2.37. The molecule has 4 nitrogen and oxygen atoms in total. The Bertz CT molecular complexity index is 459. The number of rotatable bonds is 3. The van der Waals surface area contributed by atoms with Crippen LogP contribution in [0.3, 0.4) is 0 Å². The molecule has 1 heterocycles. The summed E-state index contributed by atoms with van der Waals surface area (Å²) in [5, 5.41) is 0. The molecule has 1 unspecified atom stereocenters. The van der Waals surface area contributed by atoms with Crippen LogP contribution in [0, 0.1) is 5.82 Å². The first-order chi connectivity index (χ1) is 8.92. The van der Waals surface area contributed by atoms with Crippen LogP contribution in [0.2, 0.25) is 0 Å².